The van der Waals surface area contributed by atoms with E-state index in [9.17, 15) is 13.6 Å². The smallest absolute Gasteiger partial charge is 0.344 e. The molecule has 1 aliphatic carbocycles. The van der Waals surface area contributed by atoms with Gasteiger partial charge in [-0.3, -0.25) is 0 Å². The molecule has 1 aliphatic rings. The Bertz CT molecular complexity index is 444. The Kier molecular flexibility index (Phi) is 3.26. The molecule has 5 heteroatoms. The van der Waals surface area contributed by atoms with Crippen LogP contribution >= 0.6 is 0 Å². The Hall–Kier alpha value is -1.65. The summed E-state index contributed by atoms with van der Waals surface area (Å²) in [5.74, 6) is -2.40. The van der Waals surface area contributed by atoms with Crippen LogP contribution in [0.15, 0.2) is 12.1 Å². The van der Waals surface area contributed by atoms with Crippen molar-refractivity contribution in [2.45, 2.75) is 19.3 Å². The minimum Gasteiger partial charge on any atom is -0.462 e. The lowest BCUT2D eigenvalue weighted by molar-refractivity contribution is 0.0484. The SMILES string of the molecule is Nc1ccc(F)c(C(=O)OCCC2CC2)c1F. The maximum Gasteiger partial charge on any atom is 0.344 e. The average molecular weight is 241 g/mol. The van der Waals surface area contributed by atoms with Crippen molar-refractivity contribution in [3.8, 4) is 0 Å². The van der Waals surface area contributed by atoms with E-state index in [1.54, 1.807) is 0 Å². The van der Waals surface area contributed by atoms with Crippen LogP contribution in [0.25, 0.3) is 0 Å². The minimum absolute atomic E-state index is 0.192. The maximum absolute atomic E-state index is 13.4. The van der Waals surface area contributed by atoms with Crippen molar-refractivity contribution in [2.75, 3.05) is 12.3 Å². The van der Waals surface area contributed by atoms with Gasteiger partial charge in [-0.2, -0.15) is 0 Å². The summed E-state index contributed by atoms with van der Waals surface area (Å²) in [7, 11) is 0. The van der Waals surface area contributed by atoms with Crippen LogP contribution in [0.1, 0.15) is 29.6 Å². The van der Waals surface area contributed by atoms with Crippen LogP contribution in [0, 0.1) is 17.6 Å². The predicted molar refractivity (Wildman–Crippen MR) is 58.4 cm³/mol. The van der Waals surface area contributed by atoms with Gasteiger partial charge in [0.05, 0.1) is 12.3 Å². The number of nitrogen functional groups attached to an aromatic ring is 1. The second-order valence-electron chi connectivity index (χ2n) is 4.19. The summed E-state index contributed by atoms with van der Waals surface area (Å²) in [6.45, 7) is 0.192. The highest BCUT2D eigenvalue weighted by Crippen LogP contribution is 2.32. The zero-order valence-electron chi connectivity index (χ0n) is 9.21. The Morgan fingerprint density at radius 1 is 1.41 bits per heavy atom. The van der Waals surface area contributed by atoms with Gasteiger partial charge < -0.3 is 10.5 Å². The number of carbonyl (C=O) groups is 1. The third kappa shape index (κ3) is 2.72. The predicted octanol–water partition coefficient (Wildman–Crippen LogP) is 2.50. The van der Waals surface area contributed by atoms with Gasteiger partial charge in [-0.05, 0) is 24.5 Å². The summed E-state index contributed by atoms with van der Waals surface area (Å²) in [6.07, 6.45) is 3.02. The first-order valence-corrected chi connectivity index (χ1v) is 5.50. The van der Waals surface area contributed by atoms with Gasteiger partial charge in [0.1, 0.15) is 11.4 Å². The number of hydrogen-bond acceptors (Lipinski definition) is 3. The first-order valence-electron chi connectivity index (χ1n) is 5.50. The molecule has 1 aromatic carbocycles. The molecule has 0 unspecified atom stereocenters. The van der Waals surface area contributed by atoms with E-state index in [4.69, 9.17) is 10.5 Å². The minimum atomic E-state index is -1.05. The van der Waals surface area contributed by atoms with E-state index in [2.05, 4.69) is 0 Å². The molecule has 17 heavy (non-hydrogen) atoms. The topological polar surface area (TPSA) is 52.3 Å². The van der Waals surface area contributed by atoms with Crippen molar-refractivity contribution in [3.63, 3.8) is 0 Å². The van der Waals surface area contributed by atoms with Crippen LogP contribution < -0.4 is 5.73 Å². The van der Waals surface area contributed by atoms with Crippen LogP contribution in [0.3, 0.4) is 0 Å². The molecule has 3 nitrogen and oxygen atoms in total. The van der Waals surface area contributed by atoms with Crippen molar-refractivity contribution in [1.29, 1.82) is 0 Å². The molecule has 0 aromatic heterocycles. The second-order valence-corrected chi connectivity index (χ2v) is 4.19. The van der Waals surface area contributed by atoms with Crippen LogP contribution in [0.2, 0.25) is 0 Å². The van der Waals surface area contributed by atoms with E-state index < -0.39 is 23.2 Å². The first kappa shape index (κ1) is 11.8. The molecule has 0 saturated heterocycles. The molecule has 0 aliphatic heterocycles. The normalized spacial score (nSPS) is 14.7. The largest absolute Gasteiger partial charge is 0.462 e. The summed E-state index contributed by atoms with van der Waals surface area (Å²) >= 11 is 0. The van der Waals surface area contributed by atoms with Crippen molar-refractivity contribution in [2.24, 2.45) is 5.92 Å². The molecular formula is C12H13F2NO2. The average Bonchev–Trinajstić information content (AvgIpc) is 3.08. The van der Waals surface area contributed by atoms with E-state index >= 15 is 0 Å². The van der Waals surface area contributed by atoms with Crippen molar-refractivity contribution >= 4 is 11.7 Å². The molecule has 0 atom stereocenters. The molecule has 0 bridgehead atoms. The lowest BCUT2D eigenvalue weighted by atomic mass is 10.1. The number of esters is 1. The molecule has 0 spiro atoms. The summed E-state index contributed by atoms with van der Waals surface area (Å²) in [4.78, 5) is 11.5. The number of halogens is 2. The van der Waals surface area contributed by atoms with E-state index in [1.165, 1.54) is 0 Å². The van der Waals surface area contributed by atoms with Gasteiger partial charge in [0.25, 0.3) is 0 Å². The molecule has 2 N–H and O–H groups in total. The van der Waals surface area contributed by atoms with Crippen molar-refractivity contribution in [1.82, 2.24) is 0 Å². The number of anilines is 1. The highest BCUT2D eigenvalue weighted by atomic mass is 19.1. The summed E-state index contributed by atoms with van der Waals surface area (Å²) in [5, 5.41) is 0. The van der Waals surface area contributed by atoms with Gasteiger partial charge in [-0.15, -0.1) is 0 Å². The van der Waals surface area contributed by atoms with E-state index in [0.717, 1.165) is 31.4 Å². The molecule has 1 aromatic rings. The Balaban J connectivity index is 2.04. The van der Waals surface area contributed by atoms with E-state index in [-0.39, 0.29) is 12.3 Å². The quantitative estimate of drug-likeness (QED) is 0.651. The van der Waals surface area contributed by atoms with Gasteiger partial charge in [-0.25, -0.2) is 13.6 Å². The Morgan fingerprint density at radius 3 is 2.76 bits per heavy atom. The number of benzene rings is 1. The third-order valence-corrected chi connectivity index (χ3v) is 2.78. The second kappa shape index (κ2) is 4.69. The number of ether oxygens (including phenoxy) is 1. The number of rotatable bonds is 4. The van der Waals surface area contributed by atoms with Crippen LogP contribution in [-0.4, -0.2) is 12.6 Å². The fourth-order valence-corrected chi connectivity index (χ4v) is 1.55. The molecule has 0 amide bonds. The molecule has 2 rings (SSSR count). The molecular weight excluding hydrogens is 228 g/mol. The molecule has 92 valence electrons. The number of nitrogens with two attached hydrogens (primary N) is 1. The summed E-state index contributed by atoms with van der Waals surface area (Å²) in [5.41, 5.74) is 4.29. The standard InChI is InChI=1S/C12H13F2NO2/c13-8-3-4-9(15)11(14)10(8)12(16)17-6-5-7-1-2-7/h3-4,7H,1-2,5-6,15H2. The molecule has 0 heterocycles. The van der Waals surface area contributed by atoms with Gasteiger partial charge in [0.15, 0.2) is 5.82 Å². The van der Waals surface area contributed by atoms with Crippen molar-refractivity contribution in [3.05, 3.63) is 29.3 Å². The zero-order valence-corrected chi connectivity index (χ0v) is 9.21. The first-order chi connectivity index (χ1) is 8.09. The monoisotopic (exact) mass is 241 g/mol. The highest BCUT2D eigenvalue weighted by Gasteiger charge is 2.24. The molecule has 0 radical (unpaired) electrons. The maximum atomic E-state index is 13.4. The molecule has 1 saturated carbocycles. The lowest BCUT2D eigenvalue weighted by Gasteiger charge is -2.07. The van der Waals surface area contributed by atoms with E-state index in [1.807, 2.05) is 0 Å². The van der Waals surface area contributed by atoms with E-state index in [0.29, 0.717) is 5.92 Å². The highest BCUT2D eigenvalue weighted by molar-refractivity contribution is 5.91. The van der Waals surface area contributed by atoms with Gasteiger partial charge in [0, 0.05) is 0 Å². The van der Waals surface area contributed by atoms with Crippen LogP contribution in [0.5, 0.6) is 0 Å². The zero-order chi connectivity index (χ0) is 12.4. The molecule has 1 fully saturated rings. The summed E-state index contributed by atoms with van der Waals surface area (Å²) < 4.78 is 31.5. The van der Waals surface area contributed by atoms with Gasteiger partial charge >= 0.3 is 5.97 Å². The number of hydrogen-bond donors (Lipinski definition) is 1. The Morgan fingerprint density at radius 2 is 2.12 bits per heavy atom. The van der Waals surface area contributed by atoms with Gasteiger partial charge in [-0.1, -0.05) is 12.8 Å². The number of carbonyl (C=O) groups excluding carboxylic acids is 1. The van der Waals surface area contributed by atoms with Gasteiger partial charge in [0.2, 0.25) is 0 Å². The van der Waals surface area contributed by atoms with Crippen LogP contribution in [-0.2, 0) is 4.74 Å². The van der Waals surface area contributed by atoms with Crippen LogP contribution in [0.4, 0.5) is 14.5 Å². The fourth-order valence-electron chi connectivity index (χ4n) is 1.55. The third-order valence-electron chi connectivity index (χ3n) is 2.78. The fraction of sp³-hybridized carbons (Fsp3) is 0.417. The lowest BCUT2D eigenvalue weighted by Crippen LogP contribution is -2.12. The summed E-state index contributed by atoms with van der Waals surface area (Å²) in [6, 6.07) is 2.03. The Labute approximate surface area is 97.6 Å². The van der Waals surface area contributed by atoms with Crippen molar-refractivity contribution < 1.29 is 18.3 Å².